The Labute approximate surface area is 154 Å². The minimum atomic E-state index is -0.222. The van der Waals surface area contributed by atoms with Crippen LogP contribution in [0.4, 0.5) is 0 Å². The van der Waals surface area contributed by atoms with E-state index in [-0.39, 0.29) is 11.2 Å². The summed E-state index contributed by atoms with van der Waals surface area (Å²) in [6.07, 6.45) is 0. The molecule has 1 aromatic heterocycles. The second-order valence-electron chi connectivity index (χ2n) is 5.92. The molecule has 0 saturated heterocycles. The number of phenolic OH excluding ortho intramolecular Hbond substituents is 1. The Hall–Kier alpha value is -4.04. The van der Waals surface area contributed by atoms with Gasteiger partial charge < -0.3 is 14.3 Å². The molecule has 0 atom stereocenters. The van der Waals surface area contributed by atoms with E-state index in [9.17, 15) is 9.90 Å². The van der Waals surface area contributed by atoms with Crippen molar-refractivity contribution in [3.63, 3.8) is 0 Å². The lowest BCUT2D eigenvalue weighted by atomic mass is 10.1. The molecule has 130 valence electrons. The molecule has 0 unspecified atom stereocenters. The summed E-state index contributed by atoms with van der Waals surface area (Å²) in [6.45, 7) is 0. The van der Waals surface area contributed by atoms with E-state index in [1.54, 1.807) is 54.6 Å². The van der Waals surface area contributed by atoms with Crippen molar-refractivity contribution in [2.75, 3.05) is 0 Å². The number of fused-ring (bicyclic) bond motifs is 1. The molecule has 4 rings (SSSR count). The van der Waals surface area contributed by atoms with Gasteiger partial charge in [-0.3, -0.25) is 4.79 Å². The third-order valence-corrected chi connectivity index (χ3v) is 4.07. The molecule has 3 aromatic carbocycles. The summed E-state index contributed by atoms with van der Waals surface area (Å²) >= 11 is 0. The Bertz CT molecular complexity index is 1220. The van der Waals surface area contributed by atoms with Crippen LogP contribution in [-0.2, 0) is 0 Å². The number of rotatable bonds is 3. The van der Waals surface area contributed by atoms with Gasteiger partial charge in [0.15, 0.2) is 5.43 Å². The smallest absolute Gasteiger partial charge is 0.193 e. The van der Waals surface area contributed by atoms with E-state index >= 15 is 0 Å². The van der Waals surface area contributed by atoms with E-state index in [1.807, 2.05) is 0 Å². The quantitative estimate of drug-likeness (QED) is 0.569. The van der Waals surface area contributed by atoms with Gasteiger partial charge >= 0.3 is 0 Å². The molecule has 0 amide bonds. The molecule has 0 radical (unpaired) electrons. The monoisotopic (exact) mass is 355 g/mol. The van der Waals surface area contributed by atoms with Crippen LogP contribution in [0.1, 0.15) is 5.56 Å². The fourth-order valence-electron chi connectivity index (χ4n) is 2.71. The van der Waals surface area contributed by atoms with Crippen LogP contribution in [-0.4, -0.2) is 5.11 Å². The summed E-state index contributed by atoms with van der Waals surface area (Å²) in [5, 5.41) is 18.7. The minimum absolute atomic E-state index is 0.0202. The van der Waals surface area contributed by atoms with Gasteiger partial charge in [-0.05, 0) is 66.7 Å². The summed E-state index contributed by atoms with van der Waals surface area (Å²) < 4.78 is 11.5. The molecule has 0 bridgehead atoms. The van der Waals surface area contributed by atoms with Crippen LogP contribution in [0, 0.1) is 11.3 Å². The van der Waals surface area contributed by atoms with Crippen LogP contribution < -0.4 is 10.2 Å². The first-order valence-corrected chi connectivity index (χ1v) is 8.18. The third kappa shape index (κ3) is 3.37. The second kappa shape index (κ2) is 6.70. The van der Waals surface area contributed by atoms with E-state index in [0.717, 1.165) is 5.56 Å². The van der Waals surface area contributed by atoms with Crippen molar-refractivity contribution in [2.45, 2.75) is 0 Å². The van der Waals surface area contributed by atoms with Crippen molar-refractivity contribution in [3.05, 3.63) is 88.6 Å². The first-order valence-electron chi connectivity index (χ1n) is 8.18. The van der Waals surface area contributed by atoms with Gasteiger partial charge in [-0.1, -0.05) is 0 Å². The topological polar surface area (TPSA) is 83.5 Å². The Morgan fingerprint density at radius 1 is 0.889 bits per heavy atom. The Kier molecular flexibility index (Phi) is 4.07. The number of nitriles is 1. The van der Waals surface area contributed by atoms with Crippen LogP contribution in [0.25, 0.3) is 22.3 Å². The SMILES string of the molecule is N#Cc1ccc(Oc2ccc(-c3cc(=O)c4cc(O)ccc4o3)cc2)cc1. The van der Waals surface area contributed by atoms with Crippen molar-refractivity contribution in [1.29, 1.82) is 5.26 Å². The number of hydrogen-bond acceptors (Lipinski definition) is 5. The van der Waals surface area contributed by atoms with Gasteiger partial charge in [0.25, 0.3) is 0 Å². The van der Waals surface area contributed by atoms with Crippen molar-refractivity contribution in [2.24, 2.45) is 0 Å². The van der Waals surface area contributed by atoms with E-state index in [4.69, 9.17) is 14.4 Å². The Morgan fingerprint density at radius 2 is 1.56 bits per heavy atom. The first kappa shape index (κ1) is 16.4. The van der Waals surface area contributed by atoms with Crippen molar-refractivity contribution in [3.8, 4) is 34.6 Å². The molecule has 0 saturated carbocycles. The maximum atomic E-state index is 12.3. The lowest BCUT2D eigenvalue weighted by Crippen LogP contribution is -2.00. The van der Waals surface area contributed by atoms with Crippen molar-refractivity contribution in [1.82, 2.24) is 0 Å². The lowest BCUT2D eigenvalue weighted by molar-refractivity contribution is 0.475. The Morgan fingerprint density at radius 3 is 2.22 bits per heavy atom. The number of hydrogen-bond donors (Lipinski definition) is 1. The van der Waals surface area contributed by atoms with Gasteiger partial charge in [0.1, 0.15) is 28.6 Å². The molecular formula is C22H13NO4. The molecule has 0 aliphatic carbocycles. The van der Waals surface area contributed by atoms with Gasteiger partial charge in [-0.15, -0.1) is 0 Å². The highest BCUT2D eigenvalue weighted by Crippen LogP contribution is 2.27. The summed E-state index contributed by atoms with van der Waals surface area (Å²) in [6, 6.07) is 21.9. The summed E-state index contributed by atoms with van der Waals surface area (Å²) in [5.74, 6) is 1.70. The largest absolute Gasteiger partial charge is 0.508 e. The molecule has 5 nitrogen and oxygen atoms in total. The maximum absolute atomic E-state index is 12.3. The van der Waals surface area contributed by atoms with E-state index < -0.39 is 0 Å². The zero-order valence-electron chi connectivity index (χ0n) is 14.0. The second-order valence-corrected chi connectivity index (χ2v) is 5.92. The molecule has 0 spiro atoms. The summed E-state index contributed by atoms with van der Waals surface area (Å²) in [4.78, 5) is 12.3. The number of benzene rings is 3. The molecule has 27 heavy (non-hydrogen) atoms. The molecule has 0 fully saturated rings. The van der Waals surface area contributed by atoms with Gasteiger partial charge in [0.2, 0.25) is 0 Å². The Balaban J connectivity index is 1.62. The molecule has 0 aliphatic rings. The molecule has 5 heteroatoms. The molecule has 1 heterocycles. The number of phenols is 1. The molecule has 4 aromatic rings. The molecular weight excluding hydrogens is 342 g/mol. The average Bonchev–Trinajstić information content (AvgIpc) is 2.69. The average molecular weight is 355 g/mol. The molecule has 1 N–H and O–H groups in total. The highest BCUT2D eigenvalue weighted by atomic mass is 16.5. The van der Waals surface area contributed by atoms with Crippen LogP contribution in [0.2, 0.25) is 0 Å². The first-order chi connectivity index (χ1) is 13.1. The van der Waals surface area contributed by atoms with Crippen molar-refractivity contribution < 1.29 is 14.3 Å². The molecule has 0 aliphatic heterocycles. The number of nitrogens with zero attached hydrogens (tertiary/aromatic N) is 1. The van der Waals surface area contributed by atoms with E-state index in [0.29, 0.717) is 33.8 Å². The highest BCUT2D eigenvalue weighted by molar-refractivity contribution is 5.80. The van der Waals surface area contributed by atoms with Crippen molar-refractivity contribution >= 4 is 11.0 Å². The minimum Gasteiger partial charge on any atom is -0.508 e. The summed E-state index contributed by atoms with van der Waals surface area (Å²) in [7, 11) is 0. The zero-order chi connectivity index (χ0) is 18.8. The van der Waals surface area contributed by atoms with Gasteiger partial charge in [0.05, 0.1) is 17.0 Å². The predicted molar refractivity (Wildman–Crippen MR) is 101 cm³/mol. The summed E-state index contributed by atoms with van der Waals surface area (Å²) in [5.41, 5.74) is 1.49. The maximum Gasteiger partial charge on any atom is 0.193 e. The zero-order valence-corrected chi connectivity index (χ0v) is 14.0. The lowest BCUT2D eigenvalue weighted by Gasteiger charge is -2.07. The number of ether oxygens (including phenoxy) is 1. The predicted octanol–water partition coefficient (Wildman–Crippen LogP) is 4.83. The van der Waals surface area contributed by atoms with Gasteiger partial charge in [-0.25, -0.2) is 0 Å². The number of aromatic hydroxyl groups is 1. The fraction of sp³-hybridized carbons (Fsp3) is 0. The van der Waals surface area contributed by atoms with Crippen LogP contribution in [0.15, 0.2) is 82.0 Å². The van der Waals surface area contributed by atoms with Gasteiger partial charge in [-0.2, -0.15) is 5.26 Å². The third-order valence-electron chi connectivity index (χ3n) is 4.07. The van der Waals surface area contributed by atoms with Gasteiger partial charge in [0, 0.05) is 11.6 Å². The highest BCUT2D eigenvalue weighted by Gasteiger charge is 2.08. The normalized spacial score (nSPS) is 10.5. The van der Waals surface area contributed by atoms with Crippen LogP contribution >= 0.6 is 0 Å². The van der Waals surface area contributed by atoms with Crippen LogP contribution in [0.3, 0.4) is 0 Å². The fourth-order valence-corrected chi connectivity index (χ4v) is 2.71. The van der Waals surface area contributed by atoms with Crippen LogP contribution in [0.5, 0.6) is 17.2 Å². The van der Waals surface area contributed by atoms with E-state index in [1.165, 1.54) is 18.2 Å². The van der Waals surface area contributed by atoms with E-state index in [2.05, 4.69) is 6.07 Å². The standard InChI is InChI=1S/C22H13NO4/c23-13-14-1-6-17(7-2-14)26-18-8-3-15(4-9-18)22-12-20(25)19-11-16(24)5-10-21(19)27-22/h1-12,24H.